The Bertz CT molecular complexity index is 658. The fourth-order valence-corrected chi connectivity index (χ4v) is 4.77. The van der Waals surface area contributed by atoms with Crippen molar-refractivity contribution in [2.75, 3.05) is 4.43 Å². The zero-order valence-electron chi connectivity index (χ0n) is 13.6. The Hall–Kier alpha value is -0.140. The van der Waals surface area contributed by atoms with Crippen LogP contribution in [-0.2, 0) is 25.6 Å². The molecule has 0 aliphatic carbocycles. The molecular formula is C14H14IN2NaO5S2. The maximum Gasteiger partial charge on any atom is 1.00 e. The predicted molar refractivity (Wildman–Crippen MR) is 96.5 cm³/mol. The van der Waals surface area contributed by atoms with Crippen LogP contribution >= 0.6 is 45.7 Å². The van der Waals surface area contributed by atoms with Crippen LogP contribution in [0.3, 0.4) is 0 Å². The summed E-state index contributed by atoms with van der Waals surface area (Å²) in [4.78, 5) is 48.8. The van der Waals surface area contributed by atoms with Crippen molar-refractivity contribution in [1.82, 2.24) is 10.2 Å². The van der Waals surface area contributed by atoms with Crippen LogP contribution in [-0.4, -0.2) is 49.7 Å². The van der Waals surface area contributed by atoms with E-state index >= 15 is 0 Å². The molecule has 1 saturated heterocycles. The number of nitrogens with one attached hydrogen (secondary N) is 1. The summed E-state index contributed by atoms with van der Waals surface area (Å²) in [6.07, 6.45) is 0.168. The van der Waals surface area contributed by atoms with Crippen molar-refractivity contribution in [2.45, 2.75) is 30.8 Å². The van der Waals surface area contributed by atoms with Crippen molar-refractivity contribution in [3.05, 3.63) is 22.4 Å². The van der Waals surface area contributed by atoms with Gasteiger partial charge in [0, 0.05) is 16.2 Å². The van der Waals surface area contributed by atoms with E-state index in [0.717, 1.165) is 9.78 Å². The van der Waals surface area contributed by atoms with Gasteiger partial charge in [0.05, 0.1) is 18.4 Å². The van der Waals surface area contributed by atoms with E-state index in [9.17, 15) is 24.3 Å². The van der Waals surface area contributed by atoms with Crippen molar-refractivity contribution in [1.29, 1.82) is 0 Å². The molecule has 1 aliphatic heterocycles. The Balaban J connectivity index is 0.00000312. The van der Waals surface area contributed by atoms with Crippen LogP contribution < -0.4 is 40.0 Å². The number of amides is 2. The van der Waals surface area contributed by atoms with Crippen molar-refractivity contribution in [2.24, 2.45) is 0 Å². The minimum Gasteiger partial charge on any atom is -0.547 e. The molecule has 11 heteroatoms. The zero-order valence-corrected chi connectivity index (χ0v) is 19.4. The average Bonchev–Trinajstić information content (AvgIpc) is 3.00. The van der Waals surface area contributed by atoms with Crippen molar-refractivity contribution in [3.8, 4) is 0 Å². The molecule has 7 nitrogen and oxygen atoms in total. The van der Waals surface area contributed by atoms with Gasteiger partial charge in [-0.25, -0.2) is 0 Å². The first-order valence-corrected chi connectivity index (χ1v) is 10.2. The molecule has 1 fully saturated rings. The number of nitrogens with zero attached hydrogens (tertiary/aromatic N) is 1. The van der Waals surface area contributed by atoms with Crippen LogP contribution in [0.2, 0.25) is 0 Å². The number of thioether (sulfide) groups is 1. The maximum atomic E-state index is 12.3. The summed E-state index contributed by atoms with van der Waals surface area (Å²) in [7, 11) is 0. The Morgan fingerprint density at radius 1 is 1.48 bits per heavy atom. The van der Waals surface area contributed by atoms with E-state index in [1.807, 2.05) is 40.1 Å². The molecule has 3 atom stereocenters. The molecule has 0 saturated carbocycles. The Morgan fingerprint density at radius 3 is 2.64 bits per heavy atom. The Labute approximate surface area is 188 Å². The second kappa shape index (κ2) is 10.3. The van der Waals surface area contributed by atoms with Crippen LogP contribution in [0.25, 0.3) is 0 Å². The van der Waals surface area contributed by atoms with Crippen LogP contribution in [0.5, 0.6) is 0 Å². The number of thiophene rings is 1. The van der Waals surface area contributed by atoms with E-state index in [4.69, 9.17) is 0 Å². The van der Waals surface area contributed by atoms with E-state index < -0.39 is 34.4 Å². The summed E-state index contributed by atoms with van der Waals surface area (Å²) >= 11 is 3.99. The number of carboxylic acids is 1. The number of hydrogen-bond donors (Lipinski definition) is 1. The number of aliphatic carboxylic acids is 1. The molecule has 1 N–H and O–H groups in total. The number of alkyl halides is 1. The molecular weight excluding hydrogens is 490 g/mol. The van der Waals surface area contributed by atoms with Gasteiger partial charge in [-0.15, -0.1) is 11.3 Å². The number of carboxylic acid groups (broad SMARTS) is 1. The molecule has 2 amide bonds. The third-order valence-corrected chi connectivity index (χ3v) is 6.14. The summed E-state index contributed by atoms with van der Waals surface area (Å²) in [6.45, 7) is 1.23. The first-order chi connectivity index (χ1) is 11.3. The van der Waals surface area contributed by atoms with E-state index in [-0.39, 0.29) is 41.9 Å². The SMILES string of the molecule is CC(=O)SC(C(=O)[O-])N1C(=O)[C@@H](NC(=O)Cc2cccs2)[C@H]1CI.[Na+]. The number of carbonyl (C=O) groups excluding carboxylic acids is 4. The third kappa shape index (κ3) is 5.67. The van der Waals surface area contributed by atoms with Gasteiger partial charge in [-0.05, 0) is 11.4 Å². The van der Waals surface area contributed by atoms with E-state index in [0.29, 0.717) is 16.2 Å². The predicted octanol–water partition coefficient (Wildman–Crippen LogP) is -3.22. The second-order valence-corrected chi connectivity index (χ2v) is 8.22. The van der Waals surface area contributed by atoms with Crippen LogP contribution in [0.1, 0.15) is 11.8 Å². The van der Waals surface area contributed by atoms with Gasteiger partial charge in [0.2, 0.25) is 11.8 Å². The Kier molecular flexibility index (Phi) is 9.40. The average molecular weight is 504 g/mol. The van der Waals surface area contributed by atoms with Gasteiger partial charge < -0.3 is 20.1 Å². The van der Waals surface area contributed by atoms with E-state index in [2.05, 4.69) is 5.32 Å². The third-order valence-electron chi connectivity index (χ3n) is 3.38. The summed E-state index contributed by atoms with van der Waals surface area (Å²) in [5, 5.41) is 14.0. The van der Waals surface area contributed by atoms with Gasteiger partial charge in [-0.3, -0.25) is 14.4 Å². The summed E-state index contributed by atoms with van der Waals surface area (Å²) in [6, 6.07) is 2.40. The number of carbonyl (C=O) groups is 4. The smallest absolute Gasteiger partial charge is 0.547 e. The number of halogens is 1. The van der Waals surface area contributed by atoms with E-state index in [1.165, 1.54) is 18.3 Å². The van der Waals surface area contributed by atoms with Gasteiger partial charge in [0.1, 0.15) is 11.4 Å². The molecule has 1 unspecified atom stereocenters. The normalized spacial score (nSPS) is 20.2. The van der Waals surface area contributed by atoms with Gasteiger partial charge in [-0.2, -0.15) is 0 Å². The monoisotopic (exact) mass is 504 g/mol. The number of rotatable bonds is 7. The maximum absolute atomic E-state index is 12.3. The minimum atomic E-state index is -1.50. The van der Waals surface area contributed by atoms with Gasteiger partial charge in [0.25, 0.3) is 0 Å². The van der Waals surface area contributed by atoms with E-state index in [1.54, 1.807) is 0 Å². The largest absolute Gasteiger partial charge is 1.00 e. The molecule has 0 aromatic carbocycles. The zero-order chi connectivity index (χ0) is 17.9. The molecule has 1 aromatic heterocycles. The molecule has 2 heterocycles. The summed E-state index contributed by atoms with van der Waals surface area (Å²) in [5.74, 6) is -2.31. The summed E-state index contributed by atoms with van der Waals surface area (Å²) < 4.78 is 0.426. The van der Waals surface area contributed by atoms with Crippen molar-refractivity contribution in [3.63, 3.8) is 0 Å². The molecule has 1 aliphatic rings. The molecule has 130 valence electrons. The second-order valence-electron chi connectivity index (χ2n) is 5.05. The fourth-order valence-electron chi connectivity index (χ4n) is 2.35. The van der Waals surface area contributed by atoms with Crippen LogP contribution in [0, 0.1) is 0 Å². The first-order valence-electron chi connectivity index (χ1n) is 6.93. The van der Waals surface area contributed by atoms with Crippen molar-refractivity contribution >= 4 is 68.6 Å². The summed E-state index contributed by atoms with van der Waals surface area (Å²) in [5.41, 5.74) is 0. The molecule has 0 spiro atoms. The Morgan fingerprint density at radius 2 is 2.16 bits per heavy atom. The number of β-lactam (4-membered cyclic amide) rings is 1. The van der Waals surface area contributed by atoms with Gasteiger partial charge in [-0.1, -0.05) is 40.4 Å². The van der Waals surface area contributed by atoms with Crippen molar-refractivity contribution < 1.29 is 53.8 Å². The topological polar surface area (TPSA) is 107 Å². The molecule has 25 heavy (non-hydrogen) atoms. The fraction of sp³-hybridized carbons (Fsp3) is 0.429. The first kappa shape index (κ1) is 22.9. The molecule has 2 rings (SSSR count). The standard InChI is InChI=1S/C14H15IN2O5S2.Na/c1-7(18)24-13(14(21)22)17-9(6-15)11(12(17)20)16-10(19)5-8-3-2-4-23-8;/h2-4,9,11,13H,5-6H2,1H3,(H,16,19)(H,21,22);/q;+1/p-1/t9-,11+,13?;/m1./s1. The molecule has 0 radical (unpaired) electrons. The minimum absolute atomic E-state index is 0. The van der Waals surface area contributed by atoms with Crippen LogP contribution in [0.4, 0.5) is 0 Å². The van der Waals surface area contributed by atoms with Crippen LogP contribution in [0.15, 0.2) is 17.5 Å². The molecule has 0 bridgehead atoms. The number of likely N-dealkylation sites (tertiary alicyclic amines) is 1. The quantitative estimate of drug-likeness (QED) is 0.181. The molecule has 1 aromatic rings. The van der Waals surface area contributed by atoms with Gasteiger partial charge >= 0.3 is 29.6 Å². The van der Waals surface area contributed by atoms with Gasteiger partial charge in [0.15, 0.2) is 5.12 Å². The number of hydrogen-bond acceptors (Lipinski definition) is 7.